The fraction of sp³-hybridized carbons (Fsp3) is 0.353. The fourth-order valence-electron chi connectivity index (χ4n) is 2.99. The molecule has 2 atom stereocenters. The Morgan fingerprint density at radius 2 is 2.05 bits per heavy atom. The van der Waals surface area contributed by atoms with Crippen molar-refractivity contribution in [2.75, 3.05) is 20.2 Å². The van der Waals surface area contributed by atoms with Gasteiger partial charge < -0.3 is 14.9 Å². The summed E-state index contributed by atoms with van der Waals surface area (Å²) in [7, 11) is 1.34. The molecule has 2 aromatic rings. The van der Waals surface area contributed by atoms with Gasteiger partial charge in [-0.2, -0.15) is 0 Å². The molecule has 0 aliphatic carbocycles. The van der Waals surface area contributed by atoms with Gasteiger partial charge in [0, 0.05) is 25.0 Å². The van der Waals surface area contributed by atoms with Crippen molar-refractivity contribution in [2.45, 2.75) is 18.5 Å². The van der Waals surface area contributed by atoms with Gasteiger partial charge in [-0.25, -0.2) is 4.79 Å². The highest BCUT2D eigenvalue weighted by Crippen LogP contribution is 2.27. The molecule has 0 amide bonds. The van der Waals surface area contributed by atoms with Crippen LogP contribution in [0.15, 0.2) is 46.9 Å². The highest BCUT2D eigenvalue weighted by molar-refractivity contribution is 5.86. The minimum atomic E-state index is -0.452. The molecule has 1 saturated heterocycles. The average Bonchev–Trinajstić information content (AvgIpc) is 3.14. The lowest BCUT2D eigenvalue weighted by molar-refractivity contribution is 0.0561. The second-order valence-electron chi connectivity index (χ2n) is 5.63. The van der Waals surface area contributed by atoms with Crippen LogP contribution in [-0.4, -0.2) is 37.1 Å². The number of nitrogens with zero attached hydrogens (tertiary/aromatic N) is 1. The molecule has 116 valence electrons. The zero-order valence-corrected chi connectivity index (χ0v) is 12.6. The number of furan rings is 1. The van der Waals surface area contributed by atoms with Gasteiger partial charge >= 0.3 is 5.97 Å². The van der Waals surface area contributed by atoms with Crippen molar-refractivity contribution in [1.29, 1.82) is 0 Å². The normalized spacial score (nSPS) is 21.9. The van der Waals surface area contributed by atoms with Crippen molar-refractivity contribution in [3.8, 4) is 0 Å². The smallest absolute Gasteiger partial charge is 0.373 e. The van der Waals surface area contributed by atoms with E-state index in [-0.39, 0.29) is 11.8 Å². The van der Waals surface area contributed by atoms with Crippen molar-refractivity contribution in [1.82, 2.24) is 4.90 Å². The zero-order chi connectivity index (χ0) is 15.5. The number of hydrogen-bond acceptors (Lipinski definition) is 5. The van der Waals surface area contributed by atoms with Crippen molar-refractivity contribution >= 4 is 5.97 Å². The molecule has 1 aliphatic heterocycles. The summed E-state index contributed by atoms with van der Waals surface area (Å²) in [6, 6.07) is 13.9. The first kappa shape index (κ1) is 14.8. The Bertz CT molecular complexity index is 638. The van der Waals surface area contributed by atoms with Crippen LogP contribution in [0, 0.1) is 0 Å². The number of nitrogens with two attached hydrogens (primary N) is 1. The van der Waals surface area contributed by atoms with Gasteiger partial charge in [0.25, 0.3) is 0 Å². The molecule has 0 saturated carbocycles. The van der Waals surface area contributed by atoms with E-state index in [1.807, 2.05) is 24.3 Å². The minimum Gasteiger partial charge on any atom is -0.463 e. The topological polar surface area (TPSA) is 68.7 Å². The van der Waals surface area contributed by atoms with E-state index in [1.165, 1.54) is 12.7 Å². The predicted octanol–water partition coefficient (Wildman–Crippen LogP) is 1.99. The van der Waals surface area contributed by atoms with Gasteiger partial charge in [0.05, 0.1) is 13.7 Å². The summed E-state index contributed by atoms with van der Waals surface area (Å²) in [5.74, 6) is 0.865. The lowest BCUT2D eigenvalue weighted by Gasteiger charge is -2.15. The van der Waals surface area contributed by atoms with Crippen molar-refractivity contribution < 1.29 is 13.9 Å². The molecule has 22 heavy (non-hydrogen) atoms. The number of benzene rings is 1. The monoisotopic (exact) mass is 300 g/mol. The largest absolute Gasteiger partial charge is 0.463 e. The molecule has 0 spiro atoms. The first-order valence-electron chi connectivity index (χ1n) is 7.37. The van der Waals surface area contributed by atoms with Gasteiger partial charge in [-0.1, -0.05) is 30.3 Å². The van der Waals surface area contributed by atoms with Crippen molar-refractivity contribution in [3.63, 3.8) is 0 Å². The number of rotatable bonds is 4. The minimum absolute atomic E-state index is 0.109. The molecule has 0 radical (unpaired) electrons. The fourth-order valence-corrected chi connectivity index (χ4v) is 2.99. The van der Waals surface area contributed by atoms with Crippen LogP contribution < -0.4 is 5.73 Å². The van der Waals surface area contributed by atoms with Crippen LogP contribution in [0.25, 0.3) is 0 Å². The number of hydrogen-bond donors (Lipinski definition) is 1. The number of likely N-dealkylation sites (tertiary alicyclic amines) is 1. The molecule has 2 heterocycles. The summed E-state index contributed by atoms with van der Waals surface area (Å²) >= 11 is 0. The third-order valence-corrected chi connectivity index (χ3v) is 4.10. The van der Waals surface area contributed by atoms with Crippen LogP contribution >= 0.6 is 0 Å². The molecule has 0 bridgehead atoms. The Hall–Kier alpha value is -2.11. The molecule has 1 aromatic heterocycles. The lowest BCUT2D eigenvalue weighted by atomic mass is 9.95. The van der Waals surface area contributed by atoms with Gasteiger partial charge in [-0.05, 0) is 17.7 Å². The second-order valence-corrected chi connectivity index (χ2v) is 5.63. The van der Waals surface area contributed by atoms with E-state index in [2.05, 4.69) is 21.8 Å². The quantitative estimate of drug-likeness (QED) is 0.875. The van der Waals surface area contributed by atoms with Gasteiger partial charge in [-0.15, -0.1) is 0 Å². The molecule has 5 nitrogen and oxygen atoms in total. The molecule has 1 aliphatic rings. The molecule has 2 N–H and O–H groups in total. The highest BCUT2D eigenvalue weighted by Gasteiger charge is 2.31. The first-order chi connectivity index (χ1) is 10.7. The number of carbonyl (C=O) groups is 1. The lowest BCUT2D eigenvalue weighted by Crippen LogP contribution is -2.28. The van der Waals surface area contributed by atoms with Crippen LogP contribution in [0.4, 0.5) is 0 Å². The van der Waals surface area contributed by atoms with Crippen LogP contribution in [0.3, 0.4) is 0 Å². The molecule has 3 rings (SSSR count). The molecule has 5 heteroatoms. The number of esters is 1. The highest BCUT2D eigenvalue weighted by atomic mass is 16.5. The third-order valence-electron chi connectivity index (χ3n) is 4.10. The standard InChI is InChI=1S/C17H20N2O3/c1-21-17(20)16-8-7-13(22-16)9-19-10-14(15(18)11-19)12-5-3-2-4-6-12/h2-8,14-15H,9-11,18H2,1H3/t14-,15+/m0/s1. The number of methoxy groups -OCH3 is 1. The van der Waals surface area contributed by atoms with Gasteiger partial charge in [0.2, 0.25) is 5.76 Å². The van der Waals surface area contributed by atoms with Crippen LogP contribution in [0.5, 0.6) is 0 Å². The van der Waals surface area contributed by atoms with E-state index >= 15 is 0 Å². The molecular weight excluding hydrogens is 280 g/mol. The Kier molecular flexibility index (Phi) is 4.27. The van der Waals surface area contributed by atoms with E-state index in [0.29, 0.717) is 12.5 Å². The van der Waals surface area contributed by atoms with Crippen molar-refractivity contribution in [3.05, 3.63) is 59.5 Å². The zero-order valence-electron chi connectivity index (χ0n) is 12.6. The maximum atomic E-state index is 11.4. The Balaban J connectivity index is 1.65. The molecular formula is C17H20N2O3. The SMILES string of the molecule is COC(=O)c1ccc(CN2C[C@@H](N)[C@H](c3ccccc3)C2)o1. The van der Waals surface area contributed by atoms with Crippen LogP contribution in [0.1, 0.15) is 27.8 Å². The summed E-state index contributed by atoms with van der Waals surface area (Å²) in [6.45, 7) is 2.35. The van der Waals surface area contributed by atoms with E-state index in [1.54, 1.807) is 6.07 Å². The maximum Gasteiger partial charge on any atom is 0.373 e. The molecule has 0 unspecified atom stereocenters. The third kappa shape index (κ3) is 3.05. The van der Waals surface area contributed by atoms with E-state index in [4.69, 9.17) is 10.2 Å². The maximum absolute atomic E-state index is 11.4. The Labute approximate surface area is 129 Å². The van der Waals surface area contributed by atoms with Gasteiger partial charge in [0.15, 0.2) is 0 Å². The van der Waals surface area contributed by atoms with Crippen LogP contribution in [0.2, 0.25) is 0 Å². The predicted molar refractivity (Wildman–Crippen MR) is 82.5 cm³/mol. The van der Waals surface area contributed by atoms with Gasteiger partial charge in [-0.3, -0.25) is 4.90 Å². The van der Waals surface area contributed by atoms with E-state index < -0.39 is 5.97 Å². The van der Waals surface area contributed by atoms with Gasteiger partial charge in [0.1, 0.15) is 5.76 Å². The molecule has 1 fully saturated rings. The second kappa shape index (κ2) is 6.34. The summed E-state index contributed by atoms with van der Waals surface area (Å²) < 4.78 is 10.2. The Morgan fingerprint density at radius 1 is 1.27 bits per heavy atom. The Morgan fingerprint density at radius 3 is 2.77 bits per heavy atom. The number of ether oxygens (including phenoxy) is 1. The van der Waals surface area contributed by atoms with Crippen LogP contribution in [-0.2, 0) is 11.3 Å². The molecule has 1 aromatic carbocycles. The van der Waals surface area contributed by atoms with Crippen molar-refractivity contribution in [2.24, 2.45) is 5.73 Å². The average molecular weight is 300 g/mol. The van der Waals surface area contributed by atoms with E-state index in [0.717, 1.165) is 18.8 Å². The number of carbonyl (C=O) groups excluding carboxylic acids is 1. The summed E-state index contributed by atoms with van der Waals surface area (Å²) in [5, 5.41) is 0. The van der Waals surface area contributed by atoms with E-state index in [9.17, 15) is 4.79 Å². The summed E-state index contributed by atoms with van der Waals surface area (Å²) in [5.41, 5.74) is 7.55. The summed E-state index contributed by atoms with van der Waals surface area (Å²) in [4.78, 5) is 13.7. The first-order valence-corrected chi connectivity index (χ1v) is 7.37. The summed E-state index contributed by atoms with van der Waals surface area (Å²) in [6.07, 6.45) is 0.